The molecular formula is C20H21FN2O5S. The van der Waals surface area contributed by atoms with Gasteiger partial charge in [-0.2, -0.15) is 4.31 Å². The van der Waals surface area contributed by atoms with E-state index < -0.39 is 15.8 Å². The lowest BCUT2D eigenvalue weighted by atomic mass is 10.2. The van der Waals surface area contributed by atoms with E-state index in [9.17, 15) is 17.6 Å². The summed E-state index contributed by atoms with van der Waals surface area (Å²) >= 11 is 0. The van der Waals surface area contributed by atoms with Crippen molar-refractivity contribution in [2.45, 2.75) is 11.3 Å². The molecule has 0 bridgehead atoms. The van der Waals surface area contributed by atoms with Crippen molar-refractivity contribution in [2.75, 3.05) is 39.4 Å². The lowest BCUT2D eigenvalue weighted by Gasteiger charge is -2.34. The normalized spacial score (nSPS) is 17.6. The van der Waals surface area contributed by atoms with Gasteiger partial charge in [-0.05, 0) is 30.3 Å². The highest BCUT2D eigenvalue weighted by molar-refractivity contribution is 7.89. The Labute approximate surface area is 168 Å². The number of benzene rings is 2. The fourth-order valence-corrected chi connectivity index (χ4v) is 4.83. The second kappa shape index (κ2) is 8.00. The molecule has 2 aliphatic heterocycles. The molecule has 2 aliphatic rings. The number of nitrogens with zero attached hydrogens (tertiary/aromatic N) is 2. The Balaban J connectivity index is 1.46. The van der Waals surface area contributed by atoms with Gasteiger partial charge in [0.05, 0.1) is 18.1 Å². The molecule has 0 aromatic heterocycles. The molecule has 0 spiro atoms. The first kappa shape index (κ1) is 19.7. The number of rotatable bonds is 3. The fourth-order valence-electron chi connectivity index (χ4n) is 3.39. The number of fused-ring (bicyclic) bond motifs is 1. The van der Waals surface area contributed by atoms with Gasteiger partial charge in [0.2, 0.25) is 10.0 Å². The van der Waals surface area contributed by atoms with E-state index in [-0.39, 0.29) is 42.5 Å². The van der Waals surface area contributed by atoms with Crippen LogP contribution in [0.15, 0.2) is 47.4 Å². The summed E-state index contributed by atoms with van der Waals surface area (Å²) in [5.74, 6) is 0.166. The van der Waals surface area contributed by atoms with Crippen LogP contribution in [-0.4, -0.2) is 62.9 Å². The summed E-state index contributed by atoms with van der Waals surface area (Å²) in [6.45, 7) is 1.80. The number of hydrogen-bond donors (Lipinski definition) is 0. The van der Waals surface area contributed by atoms with Gasteiger partial charge in [0.1, 0.15) is 5.82 Å². The Hall–Kier alpha value is -2.65. The topological polar surface area (TPSA) is 76.2 Å². The van der Waals surface area contributed by atoms with Gasteiger partial charge in [-0.1, -0.05) is 6.07 Å². The van der Waals surface area contributed by atoms with Gasteiger partial charge in [0, 0.05) is 44.2 Å². The smallest absolute Gasteiger partial charge is 0.254 e. The third-order valence-electron chi connectivity index (χ3n) is 4.95. The summed E-state index contributed by atoms with van der Waals surface area (Å²) in [5, 5.41) is 0. The molecule has 2 aromatic rings. The van der Waals surface area contributed by atoms with Gasteiger partial charge in [-0.3, -0.25) is 4.79 Å². The predicted molar refractivity (Wildman–Crippen MR) is 103 cm³/mol. The minimum absolute atomic E-state index is 0.131. The van der Waals surface area contributed by atoms with Gasteiger partial charge in [0.15, 0.2) is 11.5 Å². The molecule has 0 atom stereocenters. The van der Waals surface area contributed by atoms with E-state index in [1.54, 1.807) is 12.1 Å². The maximum absolute atomic E-state index is 13.4. The van der Waals surface area contributed by atoms with E-state index in [4.69, 9.17) is 9.47 Å². The third-order valence-corrected chi connectivity index (χ3v) is 6.85. The molecule has 1 saturated heterocycles. The highest BCUT2D eigenvalue weighted by atomic mass is 32.2. The molecule has 0 unspecified atom stereocenters. The number of carbonyl (C=O) groups excluding carboxylic acids is 1. The Kier molecular flexibility index (Phi) is 5.42. The first-order valence-electron chi connectivity index (χ1n) is 9.40. The summed E-state index contributed by atoms with van der Waals surface area (Å²) in [5.41, 5.74) is 0.254. The molecule has 0 saturated carbocycles. The maximum atomic E-state index is 13.4. The van der Waals surface area contributed by atoms with Crippen LogP contribution in [0.3, 0.4) is 0 Å². The lowest BCUT2D eigenvalue weighted by Crippen LogP contribution is -2.50. The van der Waals surface area contributed by atoms with Crippen molar-refractivity contribution in [1.82, 2.24) is 9.21 Å². The van der Waals surface area contributed by atoms with Crippen LogP contribution in [0.2, 0.25) is 0 Å². The zero-order valence-electron chi connectivity index (χ0n) is 15.7. The van der Waals surface area contributed by atoms with Crippen molar-refractivity contribution in [1.29, 1.82) is 0 Å². The van der Waals surface area contributed by atoms with Gasteiger partial charge >= 0.3 is 0 Å². The number of amides is 1. The highest BCUT2D eigenvalue weighted by Gasteiger charge is 2.31. The number of sulfonamides is 1. The number of ether oxygens (including phenoxy) is 2. The van der Waals surface area contributed by atoms with E-state index in [2.05, 4.69) is 0 Å². The van der Waals surface area contributed by atoms with Crippen molar-refractivity contribution in [2.24, 2.45) is 0 Å². The van der Waals surface area contributed by atoms with E-state index >= 15 is 0 Å². The van der Waals surface area contributed by atoms with Gasteiger partial charge in [-0.15, -0.1) is 0 Å². The fraction of sp³-hybridized carbons (Fsp3) is 0.350. The first-order valence-corrected chi connectivity index (χ1v) is 10.8. The van der Waals surface area contributed by atoms with Crippen LogP contribution in [0.5, 0.6) is 11.5 Å². The van der Waals surface area contributed by atoms with Crippen molar-refractivity contribution in [3.8, 4) is 11.5 Å². The van der Waals surface area contributed by atoms with Gasteiger partial charge in [0.25, 0.3) is 5.91 Å². The predicted octanol–water partition coefficient (Wildman–Crippen LogP) is 2.13. The second-order valence-corrected chi connectivity index (χ2v) is 8.80. The van der Waals surface area contributed by atoms with Crippen LogP contribution < -0.4 is 9.47 Å². The summed E-state index contributed by atoms with van der Waals surface area (Å²) in [6, 6.07) is 10.1. The Morgan fingerprint density at radius 3 is 2.38 bits per heavy atom. The van der Waals surface area contributed by atoms with Gasteiger partial charge < -0.3 is 14.4 Å². The Bertz CT molecular complexity index is 1020. The number of halogens is 1. The number of carbonyl (C=O) groups is 1. The molecule has 4 rings (SSSR count). The summed E-state index contributed by atoms with van der Waals surface area (Å²) in [4.78, 5) is 14.2. The first-order chi connectivity index (χ1) is 13.9. The summed E-state index contributed by atoms with van der Waals surface area (Å²) in [6.07, 6.45) is 0.734. The molecule has 1 amide bonds. The highest BCUT2D eigenvalue weighted by Crippen LogP contribution is 2.33. The third kappa shape index (κ3) is 4.06. The maximum Gasteiger partial charge on any atom is 0.254 e. The van der Waals surface area contributed by atoms with E-state index in [0.717, 1.165) is 6.42 Å². The minimum atomic E-state index is -3.73. The molecule has 29 heavy (non-hydrogen) atoms. The van der Waals surface area contributed by atoms with E-state index in [1.165, 1.54) is 39.5 Å². The van der Waals surface area contributed by atoms with Crippen LogP contribution in [0.4, 0.5) is 4.39 Å². The van der Waals surface area contributed by atoms with Crippen LogP contribution in [0.1, 0.15) is 16.8 Å². The SMILES string of the molecule is O=C(c1cccc(F)c1)N1CCN(S(=O)(=O)c2ccc3c(c2)OCCCO3)CC1. The molecule has 2 heterocycles. The average Bonchev–Trinajstić information content (AvgIpc) is 2.98. The van der Waals surface area contributed by atoms with Crippen molar-refractivity contribution in [3.05, 3.63) is 53.8 Å². The second-order valence-electron chi connectivity index (χ2n) is 6.87. The minimum Gasteiger partial charge on any atom is -0.490 e. The Morgan fingerprint density at radius 2 is 1.66 bits per heavy atom. The lowest BCUT2D eigenvalue weighted by molar-refractivity contribution is 0.0697. The molecule has 0 radical (unpaired) electrons. The summed E-state index contributed by atoms with van der Waals surface area (Å²) in [7, 11) is -3.73. The van der Waals surface area contributed by atoms with Crippen molar-refractivity contribution < 1.29 is 27.1 Å². The molecule has 0 aliphatic carbocycles. The van der Waals surface area contributed by atoms with E-state index in [1.807, 2.05) is 0 Å². The molecule has 2 aromatic carbocycles. The molecule has 7 nitrogen and oxygen atoms in total. The zero-order valence-corrected chi connectivity index (χ0v) is 16.5. The zero-order chi connectivity index (χ0) is 20.4. The number of piperazine rings is 1. The van der Waals surface area contributed by atoms with Crippen LogP contribution in [0.25, 0.3) is 0 Å². The average molecular weight is 420 g/mol. The van der Waals surface area contributed by atoms with Crippen LogP contribution in [-0.2, 0) is 10.0 Å². The van der Waals surface area contributed by atoms with Crippen LogP contribution >= 0.6 is 0 Å². The van der Waals surface area contributed by atoms with Gasteiger partial charge in [-0.25, -0.2) is 12.8 Å². The largest absolute Gasteiger partial charge is 0.490 e. The molecule has 9 heteroatoms. The molecule has 1 fully saturated rings. The number of hydrogen-bond acceptors (Lipinski definition) is 5. The molecule has 154 valence electrons. The van der Waals surface area contributed by atoms with Crippen molar-refractivity contribution >= 4 is 15.9 Å². The Morgan fingerprint density at radius 1 is 0.931 bits per heavy atom. The van der Waals surface area contributed by atoms with Crippen LogP contribution in [0, 0.1) is 5.82 Å². The van der Waals surface area contributed by atoms with E-state index in [0.29, 0.717) is 24.7 Å². The summed E-state index contributed by atoms with van der Waals surface area (Å²) < 4.78 is 51.9. The monoisotopic (exact) mass is 420 g/mol. The quantitative estimate of drug-likeness (QED) is 0.761. The molecule has 0 N–H and O–H groups in total. The van der Waals surface area contributed by atoms with Crippen molar-refractivity contribution in [3.63, 3.8) is 0 Å². The standard InChI is InChI=1S/C20H21FN2O5S/c21-16-4-1-3-15(13-16)20(24)22-7-9-23(10-8-22)29(25,26)17-5-6-18-19(14-17)28-12-2-11-27-18/h1,3-6,13-14H,2,7-12H2. The molecular weight excluding hydrogens is 399 g/mol.